The molecule has 0 aliphatic rings. The van der Waals surface area contributed by atoms with Crippen molar-refractivity contribution in [2.75, 3.05) is 0 Å². The molecule has 0 saturated heterocycles. The Morgan fingerprint density at radius 2 is 2.00 bits per heavy atom. The van der Waals surface area contributed by atoms with Gasteiger partial charge < -0.3 is 4.57 Å². The van der Waals surface area contributed by atoms with E-state index in [0.29, 0.717) is 5.69 Å². The number of nitriles is 1. The number of hydrogen-bond acceptors (Lipinski definition) is 1. The van der Waals surface area contributed by atoms with E-state index in [1.54, 1.807) is 0 Å². The zero-order valence-corrected chi connectivity index (χ0v) is 8.64. The molecule has 0 radical (unpaired) electrons. The standard InChI is InChI=1S/C13H12N2/c1-2-11-6-3-4-8-13(11)15-9-5-7-12(15)10-14/h3-9H,2H2,1H3. The second-order valence-corrected chi connectivity index (χ2v) is 3.36. The summed E-state index contributed by atoms with van der Waals surface area (Å²) in [4.78, 5) is 0. The van der Waals surface area contributed by atoms with Crippen molar-refractivity contribution in [3.63, 3.8) is 0 Å². The van der Waals surface area contributed by atoms with Crippen LogP contribution >= 0.6 is 0 Å². The molecule has 1 aromatic heterocycles. The summed E-state index contributed by atoms with van der Waals surface area (Å²) in [7, 11) is 0. The summed E-state index contributed by atoms with van der Waals surface area (Å²) in [6.07, 6.45) is 2.90. The predicted molar refractivity (Wildman–Crippen MR) is 59.9 cm³/mol. The lowest BCUT2D eigenvalue weighted by atomic mass is 10.1. The van der Waals surface area contributed by atoms with Crippen LogP contribution in [-0.4, -0.2) is 4.57 Å². The molecule has 0 N–H and O–H groups in total. The molecule has 2 rings (SSSR count). The molecule has 0 aliphatic heterocycles. The highest BCUT2D eigenvalue weighted by atomic mass is 15.0. The highest BCUT2D eigenvalue weighted by molar-refractivity contribution is 5.45. The molecule has 0 fully saturated rings. The highest BCUT2D eigenvalue weighted by Crippen LogP contribution is 2.17. The number of para-hydroxylation sites is 1. The fraction of sp³-hybridized carbons (Fsp3) is 0.154. The summed E-state index contributed by atoms with van der Waals surface area (Å²) in [6.45, 7) is 2.12. The lowest BCUT2D eigenvalue weighted by Crippen LogP contribution is -1.99. The van der Waals surface area contributed by atoms with Crippen LogP contribution in [0.5, 0.6) is 0 Å². The van der Waals surface area contributed by atoms with Crippen molar-refractivity contribution >= 4 is 0 Å². The largest absolute Gasteiger partial charge is 0.308 e. The first kappa shape index (κ1) is 9.54. The number of nitrogens with zero attached hydrogens (tertiary/aromatic N) is 2. The molecule has 74 valence electrons. The first-order valence-corrected chi connectivity index (χ1v) is 5.02. The molecule has 1 aromatic carbocycles. The average Bonchev–Trinajstić information content (AvgIpc) is 2.76. The predicted octanol–water partition coefficient (Wildman–Crippen LogP) is 2.91. The van der Waals surface area contributed by atoms with Gasteiger partial charge in [0.05, 0.1) is 0 Å². The van der Waals surface area contributed by atoms with Gasteiger partial charge in [0.2, 0.25) is 0 Å². The van der Waals surface area contributed by atoms with Gasteiger partial charge in [0.1, 0.15) is 11.8 Å². The van der Waals surface area contributed by atoms with Crippen molar-refractivity contribution in [1.29, 1.82) is 5.26 Å². The van der Waals surface area contributed by atoms with Crippen molar-refractivity contribution in [3.05, 3.63) is 53.9 Å². The quantitative estimate of drug-likeness (QED) is 0.726. The van der Waals surface area contributed by atoms with E-state index in [-0.39, 0.29) is 0 Å². The smallest absolute Gasteiger partial charge is 0.124 e. The van der Waals surface area contributed by atoms with E-state index in [4.69, 9.17) is 5.26 Å². The van der Waals surface area contributed by atoms with E-state index < -0.39 is 0 Å². The molecule has 1 heterocycles. The van der Waals surface area contributed by atoms with Crippen molar-refractivity contribution in [3.8, 4) is 11.8 Å². The van der Waals surface area contributed by atoms with E-state index in [9.17, 15) is 0 Å². The zero-order chi connectivity index (χ0) is 10.7. The van der Waals surface area contributed by atoms with Gasteiger partial charge in [-0.3, -0.25) is 0 Å². The van der Waals surface area contributed by atoms with E-state index in [0.717, 1.165) is 12.1 Å². The van der Waals surface area contributed by atoms with Crippen LogP contribution in [0.15, 0.2) is 42.6 Å². The molecular weight excluding hydrogens is 184 g/mol. The van der Waals surface area contributed by atoms with Crippen LogP contribution in [0.1, 0.15) is 18.2 Å². The summed E-state index contributed by atoms with van der Waals surface area (Å²) in [5.41, 5.74) is 3.03. The van der Waals surface area contributed by atoms with Crippen LogP contribution in [0.3, 0.4) is 0 Å². The molecule has 0 saturated carbocycles. The lowest BCUT2D eigenvalue weighted by molar-refractivity contribution is 1.000. The normalized spacial score (nSPS) is 9.87. The Hall–Kier alpha value is -2.01. The third-order valence-corrected chi connectivity index (χ3v) is 2.50. The molecule has 0 bridgehead atoms. The highest BCUT2D eigenvalue weighted by Gasteiger charge is 2.05. The summed E-state index contributed by atoms with van der Waals surface area (Å²) in [5, 5.41) is 8.96. The third kappa shape index (κ3) is 1.64. The van der Waals surface area contributed by atoms with Crippen LogP contribution in [0.2, 0.25) is 0 Å². The molecule has 0 unspecified atom stereocenters. The lowest BCUT2D eigenvalue weighted by Gasteiger charge is -2.09. The number of aromatic nitrogens is 1. The molecule has 0 amide bonds. The summed E-state index contributed by atoms with van der Waals surface area (Å²) in [5.74, 6) is 0. The molecule has 2 aromatic rings. The van der Waals surface area contributed by atoms with Gasteiger partial charge in [-0.2, -0.15) is 5.26 Å². The van der Waals surface area contributed by atoms with Gasteiger partial charge in [0.25, 0.3) is 0 Å². The van der Waals surface area contributed by atoms with E-state index in [1.807, 2.05) is 41.1 Å². The second kappa shape index (κ2) is 4.02. The maximum absolute atomic E-state index is 8.96. The Bertz CT molecular complexity index is 503. The minimum Gasteiger partial charge on any atom is -0.308 e. The first-order valence-electron chi connectivity index (χ1n) is 5.02. The fourth-order valence-corrected chi connectivity index (χ4v) is 1.73. The Balaban J connectivity index is 2.59. The number of aryl methyl sites for hydroxylation is 1. The number of rotatable bonds is 2. The molecule has 0 aliphatic carbocycles. The number of benzene rings is 1. The van der Waals surface area contributed by atoms with Gasteiger partial charge in [-0.25, -0.2) is 0 Å². The van der Waals surface area contributed by atoms with Crippen LogP contribution in [-0.2, 0) is 6.42 Å². The maximum atomic E-state index is 8.96. The van der Waals surface area contributed by atoms with Crippen LogP contribution in [0, 0.1) is 11.3 Å². The van der Waals surface area contributed by atoms with Crippen molar-refractivity contribution in [2.45, 2.75) is 13.3 Å². The molecule has 2 nitrogen and oxygen atoms in total. The minimum absolute atomic E-state index is 0.677. The fourth-order valence-electron chi connectivity index (χ4n) is 1.73. The van der Waals surface area contributed by atoms with Crippen molar-refractivity contribution in [2.24, 2.45) is 0 Å². The van der Waals surface area contributed by atoms with Crippen LogP contribution < -0.4 is 0 Å². The molecule has 0 atom stereocenters. The van der Waals surface area contributed by atoms with Gasteiger partial charge in [-0.05, 0) is 30.2 Å². The average molecular weight is 196 g/mol. The topological polar surface area (TPSA) is 28.7 Å². The maximum Gasteiger partial charge on any atom is 0.124 e. The van der Waals surface area contributed by atoms with Gasteiger partial charge in [-0.15, -0.1) is 0 Å². The first-order chi connectivity index (χ1) is 7.36. The SMILES string of the molecule is CCc1ccccc1-n1cccc1C#N. The molecule has 2 heteroatoms. The monoisotopic (exact) mass is 196 g/mol. The molecular formula is C13H12N2. The Morgan fingerprint density at radius 1 is 1.20 bits per heavy atom. The Labute approximate surface area is 89.4 Å². The summed E-state index contributed by atoms with van der Waals surface area (Å²) in [6, 6.07) is 14.1. The van der Waals surface area contributed by atoms with Crippen molar-refractivity contribution < 1.29 is 0 Å². The Kier molecular flexibility index (Phi) is 2.55. The molecule has 15 heavy (non-hydrogen) atoms. The number of hydrogen-bond donors (Lipinski definition) is 0. The van der Waals surface area contributed by atoms with Gasteiger partial charge in [0, 0.05) is 11.9 Å². The Morgan fingerprint density at radius 3 is 2.73 bits per heavy atom. The summed E-state index contributed by atoms with van der Waals surface area (Å²) < 4.78 is 1.93. The minimum atomic E-state index is 0.677. The van der Waals surface area contributed by atoms with E-state index in [1.165, 1.54) is 5.56 Å². The van der Waals surface area contributed by atoms with Gasteiger partial charge >= 0.3 is 0 Å². The molecule has 0 spiro atoms. The summed E-state index contributed by atoms with van der Waals surface area (Å²) >= 11 is 0. The van der Waals surface area contributed by atoms with Crippen molar-refractivity contribution in [1.82, 2.24) is 4.57 Å². The van der Waals surface area contributed by atoms with E-state index >= 15 is 0 Å². The third-order valence-electron chi connectivity index (χ3n) is 2.50. The van der Waals surface area contributed by atoms with E-state index in [2.05, 4.69) is 19.1 Å². The zero-order valence-electron chi connectivity index (χ0n) is 8.64. The van der Waals surface area contributed by atoms with Gasteiger partial charge in [-0.1, -0.05) is 25.1 Å². The van der Waals surface area contributed by atoms with Crippen LogP contribution in [0.4, 0.5) is 0 Å². The van der Waals surface area contributed by atoms with Crippen LogP contribution in [0.25, 0.3) is 5.69 Å². The second-order valence-electron chi connectivity index (χ2n) is 3.36. The van der Waals surface area contributed by atoms with Gasteiger partial charge in [0.15, 0.2) is 0 Å².